The maximum Gasteiger partial charge on any atom is 0.269 e. The molecular formula is C26H25N3O4S. The zero-order valence-electron chi connectivity index (χ0n) is 19.1. The van der Waals surface area contributed by atoms with Crippen molar-refractivity contribution < 1.29 is 19.0 Å². The number of hydrazine groups is 1. The lowest BCUT2D eigenvalue weighted by Crippen LogP contribution is -2.29. The fourth-order valence-corrected chi connectivity index (χ4v) is 4.08. The summed E-state index contributed by atoms with van der Waals surface area (Å²) in [6.45, 7) is 2.31. The number of rotatable bonds is 9. The second-order valence-electron chi connectivity index (χ2n) is 7.20. The van der Waals surface area contributed by atoms with Gasteiger partial charge >= 0.3 is 0 Å². The molecule has 8 heteroatoms. The van der Waals surface area contributed by atoms with E-state index in [1.807, 2.05) is 42.6 Å². The van der Waals surface area contributed by atoms with Crippen molar-refractivity contribution >= 4 is 22.4 Å². The molecule has 2 N–H and O–H groups in total. The van der Waals surface area contributed by atoms with Crippen molar-refractivity contribution in [2.75, 3.05) is 26.3 Å². The van der Waals surface area contributed by atoms with Crippen molar-refractivity contribution in [2.45, 2.75) is 6.92 Å². The van der Waals surface area contributed by atoms with Crippen LogP contribution in [0.2, 0.25) is 0 Å². The smallest absolute Gasteiger partial charge is 0.269 e. The molecule has 0 spiro atoms. The van der Waals surface area contributed by atoms with E-state index in [1.165, 1.54) is 31.1 Å². The van der Waals surface area contributed by atoms with E-state index in [2.05, 4.69) is 40.1 Å². The fourth-order valence-electron chi connectivity index (χ4n) is 3.41. The summed E-state index contributed by atoms with van der Waals surface area (Å²) in [7, 11) is 3.03. The molecule has 4 rings (SSSR count). The summed E-state index contributed by atoms with van der Waals surface area (Å²) in [6.07, 6.45) is 0. The minimum atomic E-state index is -0.358. The molecular weight excluding hydrogens is 450 g/mol. The molecule has 4 aromatic rings. The Balaban J connectivity index is 1.43. The highest BCUT2D eigenvalue weighted by molar-refractivity contribution is 7.14. The van der Waals surface area contributed by atoms with Gasteiger partial charge in [-0.3, -0.25) is 15.6 Å². The maximum atomic E-state index is 12.7. The monoisotopic (exact) mass is 475 g/mol. The number of hydrogen-bond acceptors (Lipinski definition) is 7. The van der Waals surface area contributed by atoms with E-state index in [0.717, 1.165) is 16.8 Å². The van der Waals surface area contributed by atoms with E-state index in [1.54, 1.807) is 12.1 Å². The molecule has 0 saturated heterocycles. The van der Waals surface area contributed by atoms with Crippen LogP contribution in [0.4, 0.5) is 5.13 Å². The van der Waals surface area contributed by atoms with Crippen LogP contribution < -0.4 is 25.1 Å². The summed E-state index contributed by atoms with van der Waals surface area (Å²) in [5, 5.41) is 2.51. The second-order valence-corrected chi connectivity index (χ2v) is 8.06. The first kappa shape index (κ1) is 23.1. The van der Waals surface area contributed by atoms with Crippen LogP contribution in [0.15, 0.2) is 72.1 Å². The number of benzene rings is 3. The van der Waals surface area contributed by atoms with Crippen LogP contribution in [-0.4, -0.2) is 31.7 Å². The van der Waals surface area contributed by atoms with Gasteiger partial charge in [-0.15, -0.1) is 11.3 Å². The minimum Gasteiger partial charge on any atom is -0.493 e. The highest BCUT2D eigenvalue weighted by Gasteiger charge is 2.17. The van der Waals surface area contributed by atoms with Crippen molar-refractivity contribution in [2.24, 2.45) is 0 Å². The topological polar surface area (TPSA) is 81.7 Å². The Bertz CT molecular complexity index is 1230. The molecule has 0 fully saturated rings. The standard InChI is InChI=1S/C26H25N3O4S/c1-4-33-24-22(31-2)14-20(15-23(24)32-3)25(30)28-29-26-27-21(16-34-26)19-12-10-18(11-13-19)17-8-6-5-7-9-17/h5-16H,4H2,1-3H3,(H,27,29)(H,28,30). The fraction of sp³-hybridized carbons (Fsp3) is 0.154. The summed E-state index contributed by atoms with van der Waals surface area (Å²) in [5.41, 5.74) is 10.0. The zero-order valence-corrected chi connectivity index (χ0v) is 19.9. The first-order valence-corrected chi connectivity index (χ1v) is 11.6. The van der Waals surface area contributed by atoms with E-state index in [4.69, 9.17) is 14.2 Å². The molecule has 1 heterocycles. The number of carbonyl (C=O) groups is 1. The zero-order chi connectivity index (χ0) is 23.9. The highest BCUT2D eigenvalue weighted by Crippen LogP contribution is 2.38. The van der Waals surface area contributed by atoms with Crippen LogP contribution >= 0.6 is 11.3 Å². The molecule has 0 aliphatic rings. The van der Waals surface area contributed by atoms with Crippen molar-refractivity contribution in [1.29, 1.82) is 0 Å². The van der Waals surface area contributed by atoms with Gasteiger partial charge in [0, 0.05) is 16.5 Å². The van der Waals surface area contributed by atoms with Gasteiger partial charge < -0.3 is 14.2 Å². The predicted octanol–water partition coefficient (Wildman–Crippen LogP) is 5.65. The van der Waals surface area contributed by atoms with E-state index in [-0.39, 0.29) is 5.91 Å². The number of ether oxygens (including phenoxy) is 3. The Morgan fingerprint density at radius 2 is 1.53 bits per heavy atom. The lowest BCUT2D eigenvalue weighted by molar-refractivity contribution is 0.0962. The van der Waals surface area contributed by atoms with Gasteiger partial charge in [-0.05, 0) is 30.2 Å². The van der Waals surface area contributed by atoms with E-state index in [0.29, 0.717) is 34.6 Å². The largest absolute Gasteiger partial charge is 0.493 e. The van der Waals surface area contributed by atoms with Crippen molar-refractivity contribution in [3.63, 3.8) is 0 Å². The number of methoxy groups -OCH3 is 2. The van der Waals surface area contributed by atoms with Gasteiger partial charge in [-0.2, -0.15) is 0 Å². The molecule has 0 aliphatic heterocycles. The van der Waals surface area contributed by atoms with Crippen LogP contribution in [0.3, 0.4) is 0 Å². The molecule has 0 radical (unpaired) electrons. The lowest BCUT2D eigenvalue weighted by atomic mass is 10.0. The Hall–Kier alpha value is -4.04. The first-order chi connectivity index (χ1) is 16.6. The van der Waals surface area contributed by atoms with Gasteiger partial charge in [0.15, 0.2) is 11.5 Å². The normalized spacial score (nSPS) is 10.4. The molecule has 0 atom stereocenters. The van der Waals surface area contributed by atoms with E-state index in [9.17, 15) is 4.79 Å². The number of amides is 1. The quantitative estimate of drug-likeness (QED) is 0.305. The van der Waals surface area contributed by atoms with E-state index >= 15 is 0 Å². The van der Waals surface area contributed by atoms with Gasteiger partial charge in [0.1, 0.15) is 0 Å². The van der Waals surface area contributed by atoms with Crippen LogP contribution in [0.5, 0.6) is 17.2 Å². The number of anilines is 1. The third kappa shape index (κ3) is 5.13. The molecule has 0 unspecified atom stereocenters. The first-order valence-electron chi connectivity index (χ1n) is 10.7. The number of hydrogen-bond donors (Lipinski definition) is 2. The Morgan fingerprint density at radius 1 is 0.912 bits per heavy atom. The minimum absolute atomic E-state index is 0.358. The molecule has 1 amide bonds. The van der Waals surface area contributed by atoms with Gasteiger partial charge in [0.05, 0.1) is 26.5 Å². The average molecular weight is 476 g/mol. The van der Waals surface area contributed by atoms with Gasteiger partial charge in [0.2, 0.25) is 10.9 Å². The number of carbonyl (C=O) groups excluding carboxylic acids is 1. The molecule has 0 saturated carbocycles. The van der Waals surface area contributed by atoms with Crippen molar-refractivity contribution in [3.05, 3.63) is 77.7 Å². The van der Waals surface area contributed by atoms with Crippen LogP contribution in [0, 0.1) is 0 Å². The molecule has 174 valence electrons. The van der Waals surface area contributed by atoms with Crippen LogP contribution in [0.25, 0.3) is 22.4 Å². The summed E-state index contributed by atoms with van der Waals surface area (Å²) in [6, 6.07) is 21.6. The van der Waals surface area contributed by atoms with Gasteiger partial charge in [-0.1, -0.05) is 54.6 Å². The van der Waals surface area contributed by atoms with Gasteiger partial charge in [-0.25, -0.2) is 4.98 Å². The SMILES string of the molecule is CCOc1c(OC)cc(C(=O)NNc2nc(-c3ccc(-c4ccccc4)cc3)cs2)cc1OC. The molecule has 1 aromatic heterocycles. The number of nitrogens with zero attached hydrogens (tertiary/aromatic N) is 1. The predicted molar refractivity (Wildman–Crippen MR) is 135 cm³/mol. The summed E-state index contributed by atoms with van der Waals surface area (Å²) in [5.74, 6) is 0.937. The highest BCUT2D eigenvalue weighted by atomic mass is 32.1. The molecule has 34 heavy (non-hydrogen) atoms. The lowest BCUT2D eigenvalue weighted by Gasteiger charge is -2.15. The second kappa shape index (κ2) is 10.7. The molecule has 0 aliphatic carbocycles. The third-order valence-electron chi connectivity index (χ3n) is 5.09. The number of nitrogens with one attached hydrogen (secondary N) is 2. The maximum absolute atomic E-state index is 12.7. The molecule has 7 nitrogen and oxygen atoms in total. The Labute approximate surface area is 202 Å². The third-order valence-corrected chi connectivity index (χ3v) is 5.84. The summed E-state index contributed by atoms with van der Waals surface area (Å²) in [4.78, 5) is 17.3. The molecule has 3 aromatic carbocycles. The van der Waals surface area contributed by atoms with Crippen LogP contribution in [0.1, 0.15) is 17.3 Å². The summed E-state index contributed by atoms with van der Waals surface area (Å²) < 4.78 is 16.3. The number of thiazole rings is 1. The van der Waals surface area contributed by atoms with Crippen molar-refractivity contribution in [3.8, 4) is 39.6 Å². The number of aromatic nitrogens is 1. The summed E-state index contributed by atoms with van der Waals surface area (Å²) >= 11 is 1.40. The van der Waals surface area contributed by atoms with E-state index < -0.39 is 0 Å². The Morgan fingerprint density at radius 3 is 2.15 bits per heavy atom. The van der Waals surface area contributed by atoms with Crippen LogP contribution in [-0.2, 0) is 0 Å². The Kier molecular flexibility index (Phi) is 7.29. The van der Waals surface area contributed by atoms with Crippen molar-refractivity contribution in [1.82, 2.24) is 10.4 Å². The molecule has 0 bridgehead atoms. The average Bonchev–Trinajstić information content (AvgIpc) is 3.37. The van der Waals surface area contributed by atoms with Gasteiger partial charge in [0.25, 0.3) is 5.91 Å².